The second kappa shape index (κ2) is 9.23. The predicted molar refractivity (Wildman–Crippen MR) is 104 cm³/mol. The van der Waals surface area contributed by atoms with Crippen LogP contribution in [-0.2, 0) is 24.3 Å². The number of amides is 1. The van der Waals surface area contributed by atoms with Crippen molar-refractivity contribution in [2.24, 2.45) is 0 Å². The van der Waals surface area contributed by atoms with Crippen molar-refractivity contribution >= 4 is 11.6 Å². The molecular formula is C21H29N3O. The fourth-order valence-corrected chi connectivity index (χ4v) is 2.61. The van der Waals surface area contributed by atoms with E-state index in [9.17, 15) is 4.79 Å². The molecule has 2 aromatic rings. The second-order valence-electron chi connectivity index (χ2n) is 6.80. The van der Waals surface area contributed by atoms with Crippen molar-refractivity contribution in [2.45, 2.75) is 45.8 Å². The molecular weight excluding hydrogens is 310 g/mol. The minimum absolute atomic E-state index is 0.0490. The molecule has 0 unspecified atom stereocenters. The molecule has 0 saturated heterocycles. The first-order chi connectivity index (χ1) is 12.0. The lowest BCUT2D eigenvalue weighted by Crippen LogP contribution is -2.26. The van der Waals surface area contributed by atoms with Crippen LogP contribution in [0.25, 0.3) is 0 Å². The molecule has 3 N–H and O–H groups in total. The first kappa shape index (κ1) is 19.0. The lowest BCUT2D eigenvalue weighted by molar-refractivity contribution is -0.121. The summed E-state index contributed by atoms with van der Waals surface area (Å²) in [6.45, 7) is 5.84. The van der Waals surface area contributed by atoms with Crippen LogP contribution < -0.4 is 11.1 Å². The van der Waals surface area contributed by atoms with Crippen LogP contribution >= 0.6 is 0 Å². The van der Waals surface area contributed by atoms with Crippen LogP contribution in [0.15, 0.2) is 48.5 Å². The van der Waals surface area contributed by atoms with E-state index < -0.39 is 0 Å². The van der Waals surface area contributed by atoms with E-state index in [1.165, 1.54) is 5.56 Å². The zero-order valence-electron chi connectivity index (χ0n) is 15.5. The van der Waals surface area contributed by atoms with Gasteiger partial charge in [-0.15, -0.1) is 0 Å². The molecule has 134 valence electrons. The largest absolute Gasteiger partial charge is 0.399 e. The third-order valence-electron chi connectivity index (χ3n) is 4.47. The minimum Gasteiger partial charge on any atom is -0.399 e. The topological polar surface area (TPSA) is 58.4 Å². The Kier molecular flexibility index (Phi) is 7.02. The lowest BCUT2D eigenvalue weighted by atomic mass is 10.1. The van der Waals surface area contributed by atoms with E-state index in [1.54, 1.807) is 0 Å². The summed E-state index contributed by atoms with van der Waals surface area (Å²) >= 11 is 0. The quantitative estimate of drug-likeness (QED) is 0.725. The zero-order chi connectivity index (χ0) is 18.2. The molecule has 0 aliphatic rings. The Morgan fingerprint density at radius 3 is 2.56 bits per heavy atom. The average molecular weight is 339 g/mol. The van der Waals surface area contributed by atoms with Gasteiger partial charge in [0.15, 0.2) is 0 Å². The summed E-state index contributed by atoms with van der Waals surface area (Å²) < 4.78 is 0. The van der Waals surface area contributed by atoms with Crippen molar-refractivity contribution in [3.63, 3.8) is 0 Å². The Labute approximate surface area is 151 Å². The van der Waals surface area contributed by atoms with Gasteiger partial charge in [-0.25, -0.2) is 0 Å². The standard InChI is InChI=1S/C21H29N3O/c1-16(2)24(3)15-18-8-6-7-17(13-18)14-23-21(25)12-11-19-9-4-5-10-20(19)22/h4-10,13,16H,11-12,14-15,22H2,1-3H3,(H,23,25). The van der Waals surface area contributed by atoms with Crippen molar-refractivity contribution in [1.82, 2.24) is 10.2 Å². The predicted octanol–water partition coefficient (Wildman–Crippen LogP) is 3.36. The Balaban J connectivity index is 1.82. The maximum absolute atomic E-state index is 12.1. The number of benzene rings is 2. The molecule has 0 aliphatic carbocycles. The summed E-state index contributed by atoms with van der Waals surface area (Å²) in [6.07, 6.45) is 1.11. The number of para-hydroxylation sites is 1. The van der Waals surface area contributed by atoms with Gasteiger partial charge in [0.2, 0.25) is 5.91 Å². The Hall–Kier alpha value is -2.33. The molecule has 0 spiro atoms. The number of aryl methyl sites for hydroxylation is 1. The number of hydrogen-bond donors (Lipinski definition) is 2. The van der Waals surface area contributed by atoms with Crippen molar-refractivity contribution in [3.8, 4) is 0 Å². The van der Waals surface area contributed by atoms with E-state index in [0.29, 0.717) is 25.4 Å². The van der Waals surface area contributed by atoms with Gasteiger partial charge in [-0.2, -0.15) is 0 Å². The van der Waals surface area contributed by atoms with Gasteiger partial charge in [0, 0.05) is 31.2 Å². The summed E-state index contributed by atoms with van der Waals surface area (Å²) in [5.74, 6) is 0.0490. The fourth-order valence-electron chi connectivity index (χ4n) is 2.61. The Morgan fingerprint density at radius 2 is 1.84 bits per heavy atom. The van der Waals surface area contributed by atoms with Gasteiger partial charge < -0.3 is 11.1 Å². The molecule has 0 atom stereocenters. The molecule has 0 aliphatic heterocycles. The molecule has 4 heteroatoms. The van der Waals surface area contributed by atoms with E-state index in [-0.39, 0.29) is 5.91 Å². The number of rotatable bonds is 8. The third-order valence-corrected chi connectivity index (χ3v) is 4.47. The molecule has 0 fully saturated rings. The molecule has 2 rings (SSSR count). The normalized spacial score (nSPS) is 11.1. The maximum Gasteiger partial charge on any atom is 0.220 e. The number of nitrogens with two attached hydrogens (primary N) is 1. The summed E-state index contributed by atoms with van der Waals surface area (Å²) in [6, 6.07) is 16.6. The van der Waals surface area contributed by atoms with Crippen molar-refractivity contribution in [1.29, 1.82) is 0 Å². The zero-order valence-corrected chi connectivity index (χ0v) is 15.5. The number of nitrogens with zero attached hydrogens (tertiary/aromatic N) is 1. The van der Waals surface area contributed by atoms with Gasteiger partial charge in [0.25, 0.3) is 0 Å². The van der Waals surface area contributed by atoms with Crippen LogP contribution in [0.3, 0.4) is 0 Å². The Morgan fingerprint density at radius 1 is 1.12 bits per heavy atom. The minimum atomic E-state index is 0.0490. The lowest BCUT2D eigenvalue weighted by Gasteiger charge is -2.21. The van der Waals surface area contributed by atoms with Crippen LogP contribution in [0.1, 0.15) is 37.0 Å². The molecule has 4 nitrogen and oxygen atoms in total. The van der Waals surface area contributed by atoms with Gasteiger partial charge in [-0.05, 0) is 50.1 Å². The van der Waals surface area contributed by atoms with E-state index in [2.05, 4.69) is 49.3 Å². The number of carbonyl (C=O) groups excluding carboxylic acids is 1. The highest BCUT2D eigenvalue weighted by Crippen LogP contribution is 2.13. The monoisotopic (exact) mass is 339 g/mol. The van der Waals surface area contributed by atoms with Gasteiger partial charge >= 0.3 is 0 Å². The summed E-state index contributed by atoms with van der Waals surface area (Å²) in [7, 11) is 2.12. The summed E-state index contributed by atoms with van der Waals surface area (Å²) in [5, 5.41) is 3.00. The van der Waals surface area contributed by atoms with Crippen molar-refractivity contribution < 1.29 is 4.79 Å². The van der Waals surface area contributed by atoms with Crippen LogP contribution in [0.5, 0.6) is 0 Å². The molecule has 1 amide bonds. The summed E-state index contributed by atoms with van der Waals surface area (Å²) in [4.78, 5) is 14.4. The SMILES string of the molecule is CC(C)N(C)Cc1cccc(CNC(=O)CCc2ccccc2N)c1. The van der Waals surface area contributed by atoms with Crippen molar-refractivity contribution in [3.05, 3.63) is 65.2 Å². The smallest absolute Gasteiger partial charge is 0.220 e. The molecule has 0 saturated carbocycles. The average Bonchev–Trinajstić information content (AvgIpc) is 2.59. The van der Waals surface area contributed by atoms with Crippen LogP contribution in [-0.4, -0.2) is 23.9 Å². The molecule has 0 bridgehead atoms. The van der Waals surface area contributed by atoms with Crippen LogP contribution in [0.2, 0.25) is 0 Å². The second-order valence-corrected chi connectivity index (χ2v) is 6.80. The highest BCUT2D eigenvalue weighted by molar-refractivity contribution is 5.76. The number of carbonyl (C=O) groups is 1. The van der Waals surface area contributed by atoms with Gasteiger partial charge in [-0.3, -0.25) is 9.69 Å². The highest BCUT2D eigenvalue weighted by Gasteiger charge is 2.07. The van der Waals surface area contributed by atoms with E-state index in [0.717, 1.165) is 23.4 Å². The fraction of sp³-hybridized carbons (Fsp3) is 0.381. The summed E-state index contributed by atoms with van der Waals surface area (Å²) in [5.41, 5.74) is 10.1. The van der Waals surface area contributed by atoms with Crippen LogP contribution in [0.4, 0.5) is 5.69 Å². The number of anilines is 1. The molecule has 0 radical (unpaired) electrons. The van der Waals surface area contributed by atoms with Crippen LogP contribution in [0, 0.1) is 0 Å². The number of nitrogen functional groups attached to an aromatic ring is 1. The van der Waals surface area contributed by atoms with Gasteiger partial charge in [-0.1, -0.05) is 42.5 Å². The maximum atomic E-state index is 12.1. The number of nitrogens with one attached hydrogen (secondary N) is 1. The van der Waals surface area contributed by atoms with E-state index in [4.69, 9.17) is 5.73 Å². The molecule has 25 heavy (non-hydrogen) atoms. The first-order valence-corrected chi connectivity index (χ1v) is 8.84. The molecule has 2 aromatic carbocycles. The molecule has 0 aromatic heterocycles. The van der Waals surface area contributed by atoms with E-state index >= 15 is 0 Å². The van der Waals surface area contributed by atoms with Gasteiger partial charge in [0.1, 0.15) is 0 Å². The Bertz CT molecular complexity index is 697. The highest BCUT2D eigenvalue weighted by atomic mass is 16.1. The first-order valence-electron chi connectivity index (χ1n) is 8.84. The van der Waals surface area contributed by atoms with Gasteiger partial charge in [0.05, 0.1) is 0 Å². The molecule has 0 heterocycles. The van der Waals surface area contributed by atoms with E-state index in [1.807, 2.05) is 30.3 Å². The van der Waals surface area contributed by atoms with Crippen molar-refractivity contribution in [2.75, 3.05) is 12.8 Å². The third kappa shape index (κ3) is 6.24. The number of hydrogen-bond acceptors (Lipinski definition) is 3.